The van der Waals surface area contributed by atoms with Crippen LogP contribution in [0.15, 0.2) is 24.5 Å². The number of hydrogen-bond acceptors (Lipinski definition) is 3. The number of hydrogen-bond donors (Lipinski definition) is 2. The second-order valence-corrected chi connectivity index (χ2v) is 3.77. The van der Waals surface area contributed by atoms with E-state index in [0.717, 1.165) is 0 Å². The Morgan fingerprint density at radius 2 is 2.13 bits per heavy atom. The van der Waals surface area contributed by atoms with E-state index in [1.807, 2.05) is 6.92 Å². The molecule has 1 amide bonds. The minimum Gasteiger partial charge on any atom is -0.388 e. The smallest absolute Gasteiger partial charge is 0.251 e. The van der Waals surface area contributed by atoms with Crippen LogP contribution >= 0.6 is 0 Å². The summed E-state index contributed by atoms with van der Waals surface area (Å²) in [5.41, 5.74) is -0.292. The van der Waals surface area contributed by atoms with Crippen molar-refractivity contribution in [1.82, 2.24) is 10.3 Å². The van der Waals surface area contributed by atoms with Crippen molar-refractivity contribution in [3.8, 4) is 0 Å². The van der Waals surface area contributed by atoms with Gasteiger partial charge < -0.3 is 10.4 Å². The van der Waals surface area contributed by atoms with Crippen molar-refractivity contribution in [3.63, 3.8) is 0 Å². The molecule has 4 heteroatoms. The summed E-state index contributed by atoms with van der Waals surface area (Å²) in [5.74, 6) is -0.189. The average molecular weight is 208 g/mol. The zero-order chi connectivity index (χ0) is 11.3. The van der Waals surface area contributed by atoms with E-state index in [9.17, 15) is 9.90 Å². The first kappa shape index (κ1) is 11.7. The zero-order valence-corrected chi connectivity index (χ0v) is 9.03. The summed E-state index contributed by atoms with van der Waals surface area (Å²) in [5, 5.41) is 12.4. The monoisotopic (exact) mass is 208 g/mol. The van der Waals surface area contributed by atoms with Crippen molar-refractivity contribution < 1.29 is 9.90 Å². The van der Waals surface area contributed by atoms with E-state index in [-0.39, 0.29) is 12.5 Å². The van der Waals surface area contributed by atoms with Gasteiger partial charge in [0.05, 0.1) is 5.60 Å². The second-order valence-electron chi connectivity index (χ2n) is 3.77. The highest BCUT2D eigenvalue weighted by Gasteiger charge is 2.18. The van der Waals surface area contributed by atoms with Crippen molar-refractivity contribution in [1.29, 1.82) is 0 Å². The third kappa shape index (κ3) is 3.67. The van der Waals surface area contributed by atoms with Gasteiger partial charge in [-0.05, 0) is 25.5 Å². The number of amides is 1. The Hall–Kier alpha value is -1.42. The molecule has 1 unspecified atom stereocenters. The van der Waals surface area contributed by atoms with Gasteiger partial charge in [-0.1, -0.05) is 6.92 Å². The standard InChI is InChI=1S/C11H16N2O2/c1-3-11(2,15)8-13-10(14)9-4-6-12-7-5-9/h4-7,15H,3,8H2,1-2H3,(H,13,14). The average Bonchev–Trinajstić information content (AvgIpc) is 2.27. The molecule has 0 saturated carbocycles. The topological polar surface area (TPSA) is 62.2 Å². The zero-order valence-electron chi connectivity index (χ0n) is 9.03. The highest BCUT2D eigenvalue weighted by atomic mass is 16.3. The number of nitrogens with one attached hydrogen (secondary N) is 1. The van der Waals surface area contributed by atoms with Crippen LogP contribution in [0.4, 0.5) is 0 Å². The third-order valence-electron chi connectivity index (χ3n) is 2.33. The molecular formula is C11H16N2O2. The lowest BCUT2D eigenvalue weighted by Crippen LogP contribution is -2.40. The summed E-state index contributed by atoms with van der Waals surface area (Å²) in [6.45, 7) is 3.82. The predicted octanol–water partition coefficient (Wildman–Crippen LogP) is 0.972. The fraction of sp³-hybridized carbons (Fsp3) is 0.455. The Kier molecular flexibility index (Phi) is 3.80. The molecule has 1 aromatic heterocycles. The highest BCUT2D eigenvalue weighted by molar-refractivity contribution is 5.93. The SMILES string of the molecule is CCC(C)(O)CNC(=O)c1ccncc1. The van der Waals surface area contributed by atoms with Crippen LogP contribution < -0.4 is 5.32 Å². The fourth-order valence-electron chi connectivity index (χ4n) is 1.00. The molecule has 4 nitrogen and oxygen atoms in total. The van der Waals surface area contributed by atoms with Crippen LogP contribution in [0.1, 0.15) is 30.6 Å². The van der Waals surface area contributed by atoms with Crippen molar-refractivity contribution in [2.75, 3.05) is 6.54 Å². The molecular weight excluding hydrogens is 192 g/mol. The number of pyridine rings is 1. The van der Waals surface area contributed by atoms with Gasteiger partial charge in [0.1, 0.15) is 0 Å². The molecule has 1 rings (SSSR count). The minimum absolute atomic E-state index is 0.189. The van der Waals surface area contributed by atoms with E-state index >= 15 is 0 Å². The van der Waals surface area contributed by atoms with Gasteiger partial charge in [-0.2, -0.15) is 0 Å². The Morgan fingerprint density at radius 1 is 1.53 bits per heavy atom. The van der Waals surface area contributed by atoms with Crippen LogP contribution in [0.25, 0.3) is 0 Å². The van der Waals surface area contributed by atoms with Crippen molar-refractivity contribution in [3.05, 3.63) is 30.1 Å². The van der Waals surface area contributed by atoms with Crippen molar-refractivity contribution in [2.45, 2.75) is 25.9 Å². The van der Waals surface area contributed by atoms with E-state index in [4.69, 9.17) is 0 Å². The third-order valence-corrected chi connectivity index (χ3v) is 2.33. The van der Waals surface area contributed by atoms with Crippen LogP contribution in [0.5, 0.6) is 0 Å². The summed E-state index contributed by atoms with van der Waals surface area (Å²) in [4.78, 5) is 15.4. The van der Waals surface area contributed by atoms with Crippen LogP contribution in [0.2, 0.25) is 0 Å². The number of carbonyl (C=O) groups excluding carboxylic acids is 1. The van der Waals surface area contributed by atoms with Gasteiger partial charge in [-0.15, -0.1) is 0 Å². The molecule has 0 aliphatic carbocycles. The van der Waals surface area contributed by atoms with Crippen LogP contribution in [-0.2, 0) is 0 Å². The van der Waals surface area contributed by atoms with Gasteiger partial charge in [0, 0.05) is 24.5 Å². The maximum absolute atomic E-state index is 11.6. The molecule has 2 N–H and O–H groups in total. The molecule has 1 atom stereocenters. The first-order valence-corrected chi connectivity index (χ1v) is 4.96. The Balaban J connectivity index is 2.51. The van der Waals surface area contributed by atoms with Gasteiger partial charge >= 0.3 is 0 Å². The summed E-state index contributed by atoms with van der Waals surface area (Å²) < 4.78 is 0. The van der Waals surface area contributed by atoms with Gasteiger partial charge in [0.2, 0.25) is 0 Å². The van der Waals surface area contributed by atoms with Crippen LogP contribution in [0, 0.1) is 0 Å². The van der Waals surface area contributed by atoms with Crippen molar-refractivity contribution >= 4 is 5.91 Å². The lowest BCUT2D eigenvalue weighted by atomic mass is 10.0. The van der Waals surface area contributed by atoms with Crippen LogP contribution in [-0.4, -0.2) is 28.1 Å². The predicted molar refractivity (Wildman–Crippen MR) is 57.5 cm³/mol. The summed E-state index contributed by atoms with van der Waals surface area (Å²) in [6.07, 6.45) is 3.73. The van der Waals surface area contributed by atoms with Gasteiger partial charge in [0.15, 0.2) is 0 Å². The highest BCUT2D eigenvalue weighted by Crippen LogP contribution is 2.06. The largest absolute Gasteiger partial charge is 0.388 e. The number of aliphatic hydroxyl groups is 1. The van der Waals surface area contributed by atoms with Crippen LogP contribution in [0.3, 0.4) is 0 Å². The van der Waals surface area contributed by atoms with E-state index in [0.29, 0.717) is 12.0 Å². The molecule has 0 aromatic carbocycles. The maximum atomic E-state index is 11.6. The van der Waals surface area contributed by atoms with Gasteiger partial charge in [-0.3, -0.25) is 9.78 Å². The number of aromatic nitrogens is 1. The molecule has 0 aliphatic rings. The Bertz CT molecular complexity index is 323. The summed E-state index contributed by atoms with van der Waals surface area (Å²) in [7, 11) is 0. The second kappa shape index (κ2) is 4.89. The quantitative estimate of drug-likeness (QED) is 0.775. The lowest BCUT2D eigenvalue weighted by molar-refractivity contribution is 0.0518. The number of rotatable bonds is 4. The van der Waals surface area contributed by atoms with Gasteiger partial charge in [-0.25, -0.2) is 0 Å². The normalized spacial score (nSPS) is 14.3. The first-order chi connectivity index (χ1) is 7.05. The molecule has 0 aliphatic heterocycles. The van der Waals surface area contributed by atoms with E-state index in [1.54, 1.807) is 31.5 Å². The Labute approximate surface area is 89.3 Å². The van der Waals surface area contributed by atoms with Gasteiger partial charge in [0.25, 0.3) is 5.91 Å². The molecule has 1 aromatic rings. The molecule has 0 bridgehead atoms. The molecule has 1 heterocycles. The summed E-state index contributed by atoms with van der Waals surface area (Å²) >= 11 is 0. The molecule has 0 spiro atoms. The molecule has 82 valence electrons. The molecule has 0 radical (unpaired) electrons. The Morgan fingerprint density at radius 3 is 2.67 bits per heavy atom. The number of carbonyl (C=O) groups is 1. The number of nitrogens with zero attached hydrogens (tertiary/aromatic N) is 1. The van der Waals surface area contributed by atoms with E-state index in [2.05, 4.69) is 10.3 Å². The minimum atomic E-state index is -0.845. The fourth-order valence-corrected chi connectivity index (χ4v) is 1.00. The first-order valence-electron chi connectivity index (χ1n) is 4.96. The summed E-state index contributed by atoms with van der Waals surface area (Å²) in [6, 6.07) is 3.27. The van der Waals surface area contributed by atoms with E-state index in [1.165, 1.54) is 0 Å². The lowest BCUT2D eigenvalue weighted by Gasteiger charge is -2.21. The molecule has 0 fully saturated rings. The molecule has 15 heavy (non-hydrogen) atoms. The van der Waals surface area contributed by atoms with Crippen molar-refractivity contribution in [2.24, 2.45) is 0 Å². The maximum Gasteiger partial charge on any atom is 0.251 e. The van der Waals surface area contributed by atoms with E-state index < -0.39 is 5.60 Å². The molecule has 0 saturated heterocycles.